The minimum absolute atomic E-state index is 0.00413. The normalized spacial score (nSPS) is 18.5. The average Bonchev–Trinajstić information content (AvgIpc) is 3.35. The lowest BCUT2D eigenvalue weighted by atomic mass is 9.93. The summed E-state index contributed by atoms with van der Waals surface area (Å²) in [7, 11) is 1.28. The monoisotopic (exact) mass is 471 g/mol. The van der Waals surface area contributed by atoms with Gasteiger partial charge in [-0.25, -0.2) is 8.78 Å². The van der Waals surface area contributed by atoms with Gasteiger partial charge in [-0.15, -0.1) is 10.2 Å². The van der Waals surface area contributed by atoms with Gasteiger partial charge in [-0.05, 0) is 12.1 Å². The summed E-state index contributed by atoms with van der Waals surface area (Å²) in [5.41, 5.74) is -1.03. The molecule has 0 saturated carbocycles. The first-order valence-electron chi connectivity index (χ1n) is 9.11. The van der Waals surface area contributed by atoms with Crippen LogP contribution in [0.2, 0.25) is 0 Å². The number of carbonyl (C=O) groups is 1. The van der Waals surface area contributed by atoms with Crippen molar-refractivity contribution in [3.63, 3.8) is 0 Å². The molecule has 0 radical (unpaired) electrons. The number of methoxy groups -OCH3 is 1. The van der Waals surface area contributed by atoms with E-state index in [1.54, 1.807) is 0 Å². The highest BCUT2D eigenvalue weighted by molar-refractivity contribution is 7.18. The Morgan fingerprint density at radius 1 is 1.19 bits per heavy atom. The van der Waals surface area contributed by atoms with Crippen molar-refractivity contribution in [2.75, 3.05) is 19.0 Å². The molecule has 0 spiro atoms. The number of aromatic nitrogens is 3. The highest BCUT2D eigenvalue weighted by Crippen LogP contribution is 2.35. The van der Waals surface area contributed by atoms with E-state index in [2.05, 4.69) is 25.8 Å². The zero-order chi connectivity index (χ0) is 23.0. The fourth-order valence-corrected chi connectivity index (χ4v) is 4.08. The third-order valence-electron chi connectivity index (χ3n) is 4.84. The van der Waals surface area contributed by atoms with E-state index < -0.39 is 41.4 Å². The largest absolute Gasteiger partial charge is 0.497 e. The molecular weight excluding hydrogens is 457 g/mol. The third-order valence-corrected chi connectivity index (χ3v) is 5.75. The highest BCUT2D eigenvalue weighted by Gasteiger charge is 2.39. The number of carbonyl (C=O) groups excluding carboxylic acids is 1. The van der Waals surface area contributed by atoms with Crippen molar-refractivity contribution >= 4 is 22.4 Å². The van der Waals surface area contributed by atoms with Crippen LogP contribution < -0.4 is 15.4 Å². The SMILES string of the molecule is COc1cc(F)c(C2CNC(=O)[C@@H]2Nc2nnc(-c3ccc(C(F)(F)F)nc3)s2)c(F)c1. The number of anilines is 1. The van der Waals surface area contributed by atoms with Crippen molar-refractivity contribution in [1.29, 1.82) is 0 Å². The number of hydrogen-bond donors (Lipinski definition) is 2. The zero-order valence-corrected chi connectivity index (χ0v) is 17.0. The van der Waals surface area contributed by atoms with Gasteiger partial charge in [0.1, 0.15) is 29.1 Å². The lowest BCUT2D eigenvalue weighted by Gasteiger charge is -2.19. The second-order valence-electron chi connectivity index (χ2n) is 6.82. The minimum Gasteiger partial charge on any atom is -0.497 e. The molecule has 1 saturated heterocycles. The third kappa shape index (κ3) is 4.20. The van der Waals surface area contributed by atoms with E-state index in [-0.39, 0.29) is 28.0 Å². The topological polar surface area (TPSA) is 89.0 Å². The molecule has 4 rings (SSSR count). The molecule has 1 aromatic carbocycles. The smallest absolute Gasteiger partial charge is 0.433 e. The van der Waals surface area contributed by atoms with Crippen molar-refractivity contribution in [2.45, 2.75) is 18.1 Å². The fourth-order valence-electron chi connectivity index (χ4n) is 3.31. The summed E-state index contributed by atoms with van der Waals surface area (Å²) in [6.45, 7) is -0.00878. The van der Waals surface area contributed by atoms with Gasteiger partial charge in [0.2, 0.25) is 11.0 Å². The van der Waals surface area contributed by atoms with Crippen LogP contribution in [0.5, 0.6) is 5.75 Å². The van der Waals surface area contributed by atoms with E-state index in [0.29, 0.717) is 5.56 Å². The van der Waals surface area contributed by atoms with Crippen LogP contribution in [0, 0.1) is 11.6 Å². The second kappa shape index (κ2) is 8.30. The zero-order valence-electron chi connectivity index (χ0n) is 16.2. The summed E-state index contributed by atoms with van der Waals surface area (Å²) in [5, 5.41) is 13.6. The fraction of sp³-hybridized carbons (Fsp3) is 0.263. The molecule has 0 bridgehead atoms. The van der Waals surface area contributed by atoms with Gasteiger partial charge in [0.05, 0.1) is 7.11 Å². The van der Waals surface area contributed by atoms with Crippen LogP contribution in [-0.4, -0.2) is 40.8 Å². The predicted molar refractivity (Wildman–Crippen MR) is 104 cm³/mol. The van der Waals surface area contributed by atoms with Gasteiger partial charge >= 0.3 is 6.18 Å². The van der Waals surface area contributed by atoms with Crippen molar-refractivity contribution < 1.29 is 31.5 Å². The standard InChI is InChI=1S/C19H14F5N5O2S/c1-31-9-4-11(20)14(12(21)5-9)10-7-26-16(30)15(10)27-18-29-28-17(32-18)8-2-3-13(25-6-8)19(22,23)24/h2-6,10,15H,7H2,1H3,(H,26,30)(H,27,29)/t10?,15-/m1/s1. The molecule has 0 aliphatic carbocycles. The van der Waals surface area contributed by atoms with E-state index in [4.69, 9.17) is 4.74 Å². The molecule has 13 heteroatoms. The van der Waals surface area contributed by atoms with Gasteiger partial charge < -0.3 is 15.4 Å². The highest BCUT2D eigenvalue weighted by atomic mass is 32.1. The van der Waals surface area contributed by atoms with Crippen molar-refractivity contribution in [3.05, 3.63) is 53.4 Å². The average molecular weight is 471 g/mol. The summed E-state index contributed by atoms with van der Waals surface area (Å²) >= 11 is 0.958. The molecular formula is C19H14F5N5O2S. The number of pyridine rings is 1. The molecule has 7 nitrogen and oxygen atoms in total. The number of nitrogens with zero attached hydrogens (tertiary/aromatic N) is 3. The lowest BCUT2D eigenvalue weighted by Crippen LogP contribution is -2.33. The number of ether oxygens (including phenoxy) is 1. The first-order chi connectivity index (χ1) is 15.2. The van der Waals surface area contributed by atoms with E-state index in [1.807, 2.05) is 0 Å². The van der Waals surface area contributed by atoms with Crippen LogP contribution in [0.25, 0.3) is 10.6 Å². The predicted octanol–water partition coefficient (Wildman–Crippen LogP) is 3.60. The maximum atomic E-state index is 14.5. The second-order valence-corrected chi connectivity index (χ2v) is 7.80. The molecule has 2 N–H and O–H groups in total. The van der Waals surface area contributed by atoms with Crippen molar-refractivity contribution in [2.24, 2.45) is 0 Å². The maximum Gasteiger partial charge on any atom is 0.433 e. The molecule has 2 atom stereocenters. The molecule has 2 aromatic heterocycles. The Morgan fingerprint density at radius 2 is 1.91 bits per heavy atom. The van der Waals surface area contributed by atoms with Crippen molar-refractivity contribution in [1.82, 2.24) is 20.5 Å². The summed E-state index contributed by atoms with van der Waals surface area (Å²) in [5.74, 6) is -3.08. The molecule has 3 heterocycles. The van der Waals surface area contributed by atoms with Gasteiger partial charge in [0, 0.05) is 41.9 Å². The van der Waals surface area contributed by atoms with E-state index >= 15 is 0 Å². The van der Waals surface area contributed by atoms with Crippen LogP contribution in [-0.2, 0) is 11.0 Å². The summed E-state index contributed by atoms with van der Waals surface area (Å²) in [6.07, 6.45) is -3.55. The number of benzene rings is 1. The Morgan fingerprint density at radius 3 is 2.50 bits per heavy atom. The van der Waals surface area contributed by atoms with Gasteiger partial charge in [0.15, 0.2) is 5.01 Å². The number of nitrogens with one attached hydrogen (secondary N) is 2. The molecule has 1 aliphatic heterocycles. The lowest BCUT2D eigenvalue weighted by molar-refractivity contribution is -0.141. The van der Waals surface area contributed by atoms with Crippen LogP contribution >= 0.6 is 11.3 Å². The molecule has 3 aromatic rings. The van der Waals surface area contributed by atoms with Gasteiger partial charge in [-0.2, -0.15) is 13.2 Å². The number of amides is 1. The quantitative estimate of drug-likeness (QED) is 0.553. The Kier molecular flexibility index (Phi) is 5.67. The minimum atomic E-state index is -4.57. The molecule has 1 aliphatic rings. The number of alkyl halides is 3. The molecule has 1 fully saturated rings. The summed E-state index contributed by atoms with van der Waals surface area (Å²) in [4.78, 5) is 15.7. The molecule has 32 heavy (non-hydrogen) atoms. The van der Waals surface area contributed by atoms with Gasteiger partial charge in [0.25, 0.3) is 0 Å². The van der Waals surface area contributed by atoms with Gasteiger partial charge in [-0.3, -0.25) is 9.78 Å². The first kappa shape index (κ1) is 21.9. The van der Waals surface area contributed by atoms with Crippen LogP contribution in [0.1, 0.15) is 17.2 Å². The maximum absolute atomic E-state index is 14.5. The molecule has 1 amide bonds. The summed E-state index contributed by atoms with van der Waals surface area (Å²) < 4.78 is 71.9. The Bertz CT molecular complexity index is 1130. The molecule has 1 unspecified atom stereocenters. The Balaban J connectivity index is 1.56. The first-order valence-corrected chi connectivity index (χ1v) is 9.93. The molecule has 168 valence electrons. The van der Waals surface area contributed by atoms with E-state index in [0.717, 1.165) is 35.7 Å². The van der Waals surface area contributed by atoms with Crippen LogP contribution in [0.3, 0.4) is 0 Å². The van der Waals surface area contributed by atoms with Crippen LogP contribution in [0.4, 0.5) is 27.1 Å². The number of rotatable bonds is 5. The van der Waals surface area contributed by atoms with Crippen molar-refractivity contribution in [3.8, 4) is 16.3 Å². The Labute approximate surface area is 181 Å². The van der Waals surface area contributed by atoms with E-state index in [1.165, 1.54) is 13.2 Å². The van der Waals surface area contributed by atoms with Gasteiger partial charge in [-0.1, -0.05) is 11.3 Å². The number of halogens is 5. The van der Waals surface area contributed by atoms with Crippen LogP contribution in [0.15, 0.2) is 30.5 Å². The number of hydrogen-bond acceptors (Lipinski definition) is 7. The van der Waals surface area contributed by atoms with E-state index in [9.17, 15) is 26.7 Å². The summed E-state index contributed by atoms with van der Waals surface area (Å²) in [6, 6.07) is 3.03. The Hall–Kier alpha value is -3.35.